The summed E-state index contributed by atoms with van der Waals surface area (Å²) in [4.78, 5) is 19.1. The van der Waals surface area contributed by atoms with Gasteiger partial charge >= 0.3 is 5.97 Å². The number of rotatable bonds is 9. The maximum Gasteiger partial charge on any atom is 0.304 e. The molecule has 0 saturated carbocycles. The summed E-state index contributed by atoms with van der Waals surface area (Å²) in [5.74, 6) is 5.83. The lowest BCUT2D eigenvalue weighted by Crippen LogP contribution is -2.26. The number of anilines is 2. The smallest absolute Gasteiger partial charge is 0.304 e. The van der Waals surface area contributed by atoms with Gasteiger partial charge in [0.25, 0.3) is 0 Å². The number of aryl methyl sites for hydroxylation is 1. The van der Waals surface area contributed by atoms with Crippen molar-refractivity contribution < 1.29 is 9.90 Å². The van der Waals surface area contributed by atoms with Gasteiger partial charge in [-0.25, -0.2) is 10.8 Å². The molecule has 0 spiro atoms. The molecule has 1 aromatic heterocycles. The maximum absolute atomic E-state index is 11.9. The van der Waals surface area contributed by atoms with Crippen LogP contribution in [0.5, 0.6) is 0 Å². The minimum atomic E-state index is -0.848. The highest BCUT2D eigenvalue weighted by molar-refractivity contribution is 5.74. The number of nitrogens with two attached hydrogens (primary N) is 2. The number of carboxylic acids is 1. The van der Waals surface area contributed by atoms with Crippen LogP contribution in [0.1, 0.15) is 71.7 Å². The molecule has 198 valence electrons. The van der Waals surface area contributed by atoms with Crippen molar-refractivity contribution in [2.45, 2.75) is 65.0 Å². The molecule has 2 heterocycles. The van der Waals surface area contributed by atoms with Gasteiger partial charge in [-0.1, -0.05) is 37.1 Å². The van der Waals surface area contributed by atoms with Gasteiger partial charge < -0.3 is 20.4 Å². The summed E-state index contributed by atoms with van der Waals surface area (Å²) in [7, 11) is 1.74. The lowest BCUT2D eigenvalue weighted by molar-refractivity contribution is -0.137. The van der Waals surface area contributed by atoms with E-state index in [1.54, 1.807) is 7.05 Å². The van der Waals surface area contributed by atoms with E-state index in [2.05, 4.69) is 33.5 Å². The number of hydrogen-bond donors (Lipinski definition) is 3. The number of aromatic nitrogens is 2. The molecular weight excluding hydrogens is 464 g/mol. The van der Waals surface area contributed by atoms with Gasteiger partial charge in [0, 0.05) is 31.9 Å². The van der Waals surface area contributed by atoms with Gasteiger partial charge in [-0.2, -0.15) is 0 Å². The summed E-state index contributed by atoms with van der Waals surface area (Å²) in [6.07, 6.45) is 9.02. The van der Waals surface area contributed by atoms with Crippen LogP contribution in [0.3, 0.4) is 0 Å². The van der Waals surface area contributed by atoms with E-state index in [1.165, 1.54) is 36.3 Å². The molecule has 1 atom stereocenters. The van der Waals surface area contributed by atoms with Gasteiger partial charge in [0.05, 0.1) is 24.3 Å². The predicted octanol–water partition coefficient (Wildman–Crippen LogP) is 4.42. The van der Waals surface area contributed by atoms with Crippen molar-refractivity contribution in [2.75, 3.05) is 30.9 Å². The third-order valence-electron chi connectivity index (χ3n) is 7.65. The van der Waals surface area contributed by atoms with Crippen molar-refractivity contribution >= 4 is 17.3 Å². The van der Waals surface area contributed by atoms with E-state index >= 15 is 0 Å². The van der Waals surface area contributed by atoms with Crippen LogP contribution in [0, 0.1) is 13.8 Å². The average Bonchev–Trinajstić information content (AvgIpc) is 3.11. The summed E-state index contributed by atoms with van der Waals surface area (Å²) in [6, 6.07) is 10.1. The van der Waals surface area contributed by atoms with Gasteiger partial charge in [-0.05, 0) is 73.7 Å². The lowest BCUT2D eigenvalue weighted by atomic mass is 9.84. The molecule has 1 saturated heterocycles. The van der Waals surface area contributed by atoms with Crippen LogP contribution in [0.4, 0.5) is 11.4 Å². The maximum atomic E-state index is 11.9. The molecule has 4 rings (SSSR count). The zero-order chi connectivity index (χ0) is 26.5. The molecule has 0 amide bonds. The Labute approximate surface area is 219 Å². The quantitative estimate of drug-likeness (QED) is 0.224. The Morgan fingerprint density at radius 3 is 2.51 bits per heavy atom. The highest BCUT2D eigenvalue weighted by atomic mass is 16.4. The third-order valence-corrected chi connectivity index (χ3v) is 7.65. The fourth-order valence-electron chi connectivity index (χ4n) is 5.39. The first-order valence-electron chi connectivity index (χ1n) is 13.2. The first-order chi connectivity index (χ1) is 17.7. The van der Waals surface area contributed by atoms with Gasteiger partial charge in [-0.3, -0.25) is 9.69 Å². The number of hydrogen-bond acceptors (Lipinski definition) is 6. The molecule has 37 heavy (non-hydrogen) atoms. The number of carboxylic acid groups (broad SMARTS) is 1. The molecule has 0 radical (unpaired) electrons. The zero-order valence-electron chi connectivity index (χ0n) is 22.3. The fraction of sp³-hybridized carbons (Fsp3) is 0.448. The zero-order valence-corrected chi connectivity index (χ0v) is 22.3. The SMILES string of the molecule is Cc1ccc(C(CC(=O)O)c2ccc(N(C)N)c(N)c2C)cc1Cn1ccnc1CN1CCCCCC1. The van der Waals surface area contributed by atoms with E-state index in [4.69, 9.17) is 11.6 Å². The van der Waals surface area contributed by atoms with Crippen LogP contribution >= 0.6 is 0 Å². The fourth-order valence-corrected chi connectivity index (χ4v) is 5.39. The van der Waals surface area contributed by atoms with Crippen molar-refractivity contribution in [1.29, 1.82) is 0 Å². The van der Waals surface area contributed by atoms with Gasteiger partial charge in [0.15, 0.2) is 0 Å². The van der Waals surface area contributed by atoms with Gasteiger partial charge in [-0.15, -0.1) is 0 Å². The summed E-state index contributed by atoms with van der Waals surface area (Å²) in [5.41, 5.74) is 12.7. The molecular formula is C29H40N6O2. The number of aliphatic carboxylic acids is 1. The minimum Gasteiger partial charge on any atom is -0.481 e. The monoisotopic (exact) mass is 504 g/mol. The van der Waals surface area contributed by atoms with Crippen LogP contribution in [0.25, 0.3) is 0 Å². The average molecular weight is 505 g/mol. The highest BCUT2D eigenvalue weighted by Crippen LogP contribution is 2.37. The highest BCUT2D eigenvalue weighted by Gasteiger charge is 2.23. The van der Waals surface area contributed by atoms with E-state index in [-0.39, 0.29) is 12.3 Å². The van der Waals surface area contributed by atoms with Crippen molar-refractivity contribution in [3.05, 3.63) is 76.4 Å². The van der Waals surface area contributed by atoms with Crippen molar-refractivity contribution in [2.24, 2.45) is 5.84 Å². The lowest BCUT2D eigenvalue weighted by Gasteiger charge is -2.24. The van der Waals surface area contributed by atoms with Crippen molar-refractivity contribution in [3.63, 3.8) is 0 Å². The van der Waals surface area contributed by atoms with Crippen LogP contribution in [-0.4, -0.2) is 45.7 Å². The van der Waals surface area contributed by atoms with Crippen molar-refractivity contribution in [1.82, 2.24) is 14.5 Å². The Hall–Kier alpha value is -3.36. The van der Waals surface area contributed by atoms with E-state index in [0.29, 0.717) is 12.2 Å². The molecule has 5 N–H and O–H groups in total. The molecule has 8 nitrogen and oxygen atoms in total. The Balaban J connectivity index is 1.64. The van der Waals surface area contributed by atoms with Gasteiger partial charge in [0.2, 0.25) is 0 Å². The molecule has 2 aromatic carbocycles. The minimum absolute atomic E-state index is 0.0219. The molecule has 0 bridgehead atoms. The Bertz CT molecular complexity index is 1230. The number of imidazole rings is 1. The summed E-state index contributed by atoms with van der Waals surface area (Å²) in [6.45, 7) is 7.83. The van der Waals surface area contributed by atoms with E-state index in [1.807, 2.05) is 37.5 Å². The second kappa shape index (κ2) is 11.8. The number of benzene rings is 2. The van der Waals surface area contributed by atoms with E-state index in [9.17, 15) is 9.90 Å². The predicted molar refractivity (Wildman–Crippen MR) is 149 cm³/mol. The van der Waals surface area contributed by atoms with Crippen LogP contribution in [0.2, 0.25) is 0 Å². The largest absolute Gasteiger partial charge is 0.481 e. The third kappa shape index (κ3) is 6.32. The molecule has 1 fully saturated rings. The molecule has 3 aromatic rings. The first-order valence-corrected chi connectivity index (χ1v) is 13.2. The number of hydrazine groups is 1. The number of nitrogen functional groups attached to an aromatic ring is 1. The molecule has 1 aliphatic rings. The summed E-state index contributed by atoms with van der Waals surface area (Å²) in [5, 5.41) is 11.3. The number of nitrogens with zero attached hydrogens (tertiary/aromatic N) is 4. The van der Waals surface area contributed by atoms with Gasteiger partial charge in [0.1, 0.15) is 5.82 Å². The Morgan fingerprint density at radius 2 is 1.84 bits per heavy atom. The second-order valence-electron chi connectivity index (χ2n) is 10.3. The summed E-state index contributed by atoms with van der Waals surface area (Å²) < 4.78 is 2.22. The van der Waals surface area contributed by atoms with Crippen LogP contribution < -0.4 is 16.6 Å². The number of carbonyl (C=O) groups is 1. The van der Waals surface area contributed by atoms with Crippen molar-refractivity contribution in [3.8, 4) is 0 Å². The number of likely N-dealkylation sites (tertiary alicyclic amines) is 1. The van der Waals surface area contributed by atoms with E-state index < -0.39 is 5.97 Å². The summed E-state index contributed by atoms with van der Waals surface area (Å²) >= 11 is 0. The van der Waals surface area contributed by atoms with Crippen LogP contribution in [-0.2, 0) is 17.9 Å². The molecule has 0 aliphatic carbocycles. The molecule has 1 unspecified atom stereocenters. The molecule has 8 heteroatoms. The second-order valence-corrected chi connectivity index (χ2v) is 10.3. The first kappa shape index (κ1) is 26.7. The normalized spacial score (nSPS) is 15.4. The van der Waals surface area contributed by atoms with Crippen LogP contribution in [0.15, 0.2) is 42.7 Å². The van der Waals surface area contributed by atoms with E-state index in [0.717, 1.165) is 53.4 Å². The topological polar surface area (TPSA) is 114 Å². The Morgan fingerprint density at radius 1 is 1.11 bits per heavy atom. The standard InChI is InChI=1S/C29H40N6O2/c1-20-8-9-22(25(17-28(36)37)24-10-11-26(33(3)31)29(30)21(24)2)16-23(20)18-35-15-12-32-27(35)19-34-13-6-4-5-7-14-34/h8-12,15-16,25H,4-7,13-14,17-19,30-31H2,1-3H3,(H,36,37). The Kier molecular flexibility index (Phi) is 8.51. The molecule has 1 aliphatic heterocycles.